The average molecular weight is 345 g/mol. The Bertz CT molecular complexity index is 474. The van der Waals surface area contributed by atoms with Gasteiger partial charge in [-0.15, -0.1) is 12.4 Å². The first-order valence-corrected chi connectivity index (χ1v) is 7.98. The zero-order valence-electron chi connectivity index (χ0n) is 13.5. The molecule has 1 aromatic rings. The van der Waals surface area contributed by atoms with Gasteiger partial charge in [0.1, 0.15) is 11.6 Å². The molecule has 0 bridgehead atoms. The molecule has 23 heavy (non-hydrogen) atoms. The number of hydrogen-bond acceptors (Lipinski definition) is 3. The number of hydrogen-bond donors (Lipinski definition) is 1. The fourth-order valence-electron chi connectivity index (χ4n) is 2.78. The lowest BCUT2D eigenvalue weighted by Gasteiger charge is -2.33. The van der Waals surface area contributed by atoms with Crippen molar-refractivity contribution in [1.82, 2.24) is 4.90 Å². The summed E-state index contributed by atoms with van der Waals surface area (Å²) >= 11 is 0. The van der Waals surface area contributed by atoms with E-state index in [2.05, 4.69) is 0 Å². The molecule has 0 saturated carbocycles. The molecule has 2 N–H and O–H groups in total. The SMILES string of the molecule is CC(N)C1CCN(C(=O)CCCOc2ccc(F)cc2)CC1.Cl. The molecular weight excluding hydrogens is 319 g/mol. The first-order chi connectivity index (χ1) is 10.6. The van der Waals surface area contributed by atoms with E-state index in [0.29, 0.717) is 31.1 Å². The van der Waals surface area contributed by atoms with Crippen molar-refractivity contribution < 1.29 is 13.9 Å². The molecule has 1 fully saturated rings. The smallest absolute Gasteiger partial charge is 0.222 e. The molecule has 1 aliphatic heterocycles. The molecule has 0 spiro atoms. The van der Waals surface area contributed by atoms with Crippen LogP contribution in [0.2, 0.25) is 0 Å². The summed E-state index contributed by atoms with van der Waals surface area (Å²) in [7, 11) is 0. The normalized spacial score (nSPS) is 16.6. The van der Waals surface area contributed by atoms with E-state index in [4.69, 9.17) is 10.5 Å². The van der Waals surface area contributed by atoms with Crippen LogP contribution in [0.4, 0.5) is 4.39 Å². The molecule has 1 amide bonds. The molecule has 0 aliphatic carbocycles. The summed E-state index contributed by atoms with van der Waals surface area (Å²) in [5.41, 5.74) is 5.91. The van der Waals surface area contributed by atoms with Crippen molar-refractivity contribution in [3.8, 4) is 5.75 Å². The second kappa shape index (κ2) is 9.73. The first kappa shape index (κ1) is 19.7. The van der Waals surface area contributed by atoms with Gasteiger partial charge >= 0.3 is 0 Å². The lowest BCUT2D eigenvalue weighted by molar-refractivity contribution is -0.132. The number of carbonyl (C=O) groups is 1. The van der Waals surface area contributed by atoms with Gasteiger partial charge in [-0.25, -0.2) is 4.39 Å². The minimum absolute atomic E-state index is 0. The Kier molecular flexibility index (Phi) is 8.34. The van der Waals surface area contributed by atoms with Gasteiger partial charge in [0.25, 0.3) is 0 Å². The van der Waals surface area contributed by atoms with Crippen LogP contribution in [-0.4, -0.2) is 36.5 Å². The Labute approximate surface area is 143 Å². The van der Waals surface area contributed by atoms with E-state index in [1.54, 1.807) is 12.1 Å². The van der Waals surface area contributed by atoms with Crippen molar-refractivity contribution in [2.45, 2.75) is 38.6 Å². The summed E-state index contributed by atoms with van der Waals surface area (Å²) in [5.74, 6) is 1.07. The maximum atomic E-state index is 12.8. The molecule has 4 nitrogen and oxygen atoms in total. The molecule has 0 radical (unpaired) electrons. The Balaban J connectivity index is 0.00000264. The lowest BCUT2D eigenvalue weighted by Crippen LogP contribution is -2.42. The minimum Gasteiger partial charge on any atom is -0.494 e. The number of amides is 1. The van der Waals surface area contributed by atoms with E-state index in [1.165, 1.54) is 12.1 Å². The van der Waals surface area contributed by atoms with Crippen LogP contribution in [0.5, 0.6) is 5.75 Å². The summed E-state index contributed by atoms with van der Waals surface area (Å²) in [4.78, 5) is 14.0. The predicted octanol–water partition coefficient (Wildman–Crippen LogP) is 2.99. The van der Waals surface area contributed by atoms with Crippen molar-refractivity contribution in [1.29, 1.82) is 0 Å². The van der Waals surface area contributed by atoms with Gasteiger partial charge in [0, 0.05) is 25.6 Å². The van der Waals surface area contributed by atoms with Crippen LogP contribution in [0, 0.1) is 11.7 Å². The van der Waals surface area contributed by atoms with E-state index < -0.39 is 0 Å². The highest BCUT2D eigenvalue weighted by atomic mass is 35.5. The van der Waals surface area contributed by atoms with Gasteiger partial charge in [0.2, 0.25) is 5.91 Å². The molecule has 1 unspecified atom stereocenters. The Morgan fingerprint density at radius 2 is 1.96 bits per heavy atom. The van der Waals surface area contributed by atoms with Gasteiger partial charge in [-0.1, -0.05) is 0 Å². The van der Waals surface area contributed by atoms with E-state index >= 15 is 0 Å². The number of nitrogens with zero attached hydrogens (tertiary/aromatic N) is 1. The Morgan fingerprint density at radius 1 is 1.35 bits per heavy atom. The van der Waals surface area contributed by atoms with Gasteiger partial charge in [0.05, 0.1) is 6.61 Å². The first-order valence-electron chi connectivity index (χ1n) is 7.98. The summed E-state index contributed by atoms with van der Waals surface area (Å²) < 4.78 is 18.2. The van der Waals surface area contributed by atoms with Gasteiger partial charge in [-0.3, -0.25) is 4.79 Å². The average Bonchev–Trinajstić information content (AvgIpc) is 2.53. The third-order valence-corrected chi connectivity index (χ3v) is 4.25. The monoisotopic (exact) mass is 344 g/mol. The maximum Gasteiger partial charge on any atom is 0.222 e. The molecule has 1 heterocycles. The maximum absolute atomic E-state index is 12.8. The highest BCUT2D eigenvalue weighted by Gasteiger charge is 2.24. The van der Waals surface area contributed by atoms with Crippen LogP contribution < -0.4 is 10.5 Å². The zero-order valence-corrected chi connectivity index (χ0v) is 14.4. The van der Waals surface area contributed by atoms with Crippen molar-refractivity contribution in [3.05, 3.63) is 30.1 Å². The van der Waals surface area contributed by atoms with Gasteiger partial charge < -0.3 is 15.4 Å². The fourth-order valence-corrected chi connectivity index (χ4v) is 2.78. The highest BCUT2D eigenvalue weighted by molar-refractivity contribution is 5.85. The van der Waals surface area contributed by atoms with Gasteiger partial charge in [-0.05, 0) is 56.4 Å². The lowest BCUT2D eigenvalue weighted by atomic mass is 9.91. The molecule has 1 atom stereocenters. The molecule has 130 valence electrons. The van der Waals surface area contributed by atoms with Crippen LogP contribution >= 0.6 is 12.4 Å². The molecular formula is C17H26ClFN2O2. The van der Waals surface area contributed by atoms with E-state index in [1.807, 2.05) is 11.8 Å². The number of likely N-dealkylation sites (tertiary alicyclic amines) is 1. The van der Waals surface area contributed by atoms with E-state index in [-0.39, 0.29) is 30.2 Å². The number of benzene rings is 1. The topological polar surface area (TPSA) is 55.6 Å². The number of rotatable bonds is 6. The molecule has 1 saturated heterocycles. The van der Waals surface area contributed by atoms with Crippen molar-refractivity contribution in [2.24, 2.45) is 11.7 Å². The molecule has 1 aromatic carbocycles. The van der Waals surface area contributed by atoms with Gasteiger partial charge in [0.15, 0.2) is 0 Å². The number of ether oxygens (including phenoxy) is 1. The van der Waals surface area contributed by atoms with Crippen molar-refractivity contribution in [3.63, 3.8) is 0 Å². The number of nitrogens with two attached hydrogens (primary N) is 1. The number of piperidine rings is 1. The quantitative estimate of drug-likeness (QED) is 0.807. The Morgan fingerprint density at radius 3 is 2.52 bits per heavy atom. The largest absolute Gasteiger partial charge is 0.494 e. The molecule has 0 aromatic heterocycles. The highest BCUT2D eigenvalue weighted by Crippen LogP contribution is 2.20. The number of halogens is 2. The van der Waals surface area contributed by atoms with Crippen LogP contribution in [0.1, 0.15) is 32.6 Å². The van der Waals surface area contributed by atoms with Crippen LogP contribution in [0.15, 0.2) is 24.3 Å². The van der Waals surface area contributed by atoms with Crippen molar-refractivity contribution >= 4 is 18.3 Å². The van der Waals surface area contributed by atoms with Crippen molar-refractivity contribution in [2.75, 3.05) is 19.7 Å². The minimum atomic E-state index is -0.280. The molecule has 1 aliphatic rings. The summed E-state index contributed by atoms with van der Waals surface area (Å²) in [6.45, 7) is 4.12. The second-order valence-corrected chi connectivity index (χ2v) is 5.98. The predicted molar refractivity (Wildman–Crippen MR) is 91.3 cm³/mol. The summed E-state index contributed by atoms with van der Waals surface area (Å²) in [6.07, 6.45) is 3.15. The number of carbonyl (C=O) groups excluding carboxylic acids is 1. The van der Waals surface area contributed by atoms with E-state index in [9.17, 15) is 9.18 Å². The second-order valence-electron chi connectivity index (χ2n) is 5.98. The zero-order chi connectivity index (χ0) is 15.9. The van der Waals surface area contributed by atoms with Crippen LogP contribution in [0.25, 0.3) is 0 Å². The molecule has 2 rings (SSSR count). The molecule has 6 heteroatoms. The van der Waals surface area contributed by atoms with E-state index in [0.717, 1.165) is 25.9 Å². The standard InChI is InChI=1S/C17H25FN2O2.ClH/c1-13(19)14-8-10-20(11-9-14)17(21)3-2-12-22-16-6-4-15(18)5-7-16;/h4-7,13-14H,2-3,8-12,19H2,1H3;1H. The summed E-state index contributed by atoms with van der Waals surface area (Å²) in [5, 5.41) is 0. The third kappa shape index (κ3) is 6.36. The third-order valence-electron chi connectivity index (χ3n) is 4.25. The van der Waals surface area contributed by atoms with Crippen LogP contribution in [-0.2, 0) is 4.79 Å². The Hall–Kier alpha value is -1.33. The van der Waals surface area contributed by atoms with Crippen LogP contribution in [0.3, 0.4) is 0 Å². The fraction of sp³-hybridized carbons (Fsp3) is 0.588. The van der Waals surface area contributed by atoms with Gasteiger partial charge in [-0.2, -0.15) is 0 Å². The summed E-state index contributed by atoms with van der Waals surface area (Å²) in [6, 6.07) is 6.12.